The number of rotatable bonds is 10. The molecule has 198 valence electrons. The zero-order chi connectivity index (χ0) is 26.3. The first-order chi connectivity index (χ1) is 17.2. The third kappa shape index (κ3) is 4.11. The number of aliphatic hydroxyl groups excluding tert-OH is 1. The largest absolute Gasteiger partial charge is 0.394 e. The number of hydrogen-bond donors (Lipinski definition) is 3. The van der Waals surface area contributed by atoms with E-state index in [-0.39, 0.29) is 30.2 Å². The predicted molar refractivity (Wildman–Crippen MR) is 137 cm³/mol. The summed E-state index contributed by atoms with van der Waals surface area (Å²) in [5.74, 6) is -2.36. The van der Waals surface area contributed by atoms with Crippen LogP contribution in [0.25, 0.3) is 0 Å². The number of likely N-dealkylation sites (tertiary alicyclic amines) is 1. The second-order valence-electron chi connectivity index (χ2n) is 10.5. The van der Waals surface area contributed by atoms with Crippen molar-refractivity contribution in [1.29, 1.82) is 0 Å². The summed E-state index contributed by atoms with van der Waals surface area (Å²) in [6.07, 6.45) is 3.17. The molecule has 3 saturated heterocycles. The SMILES string of the molecule is CCCNC(=O)[C@@H]1[C@H]2C(=O)N([C@@H](CO)[C@@H](C)CC)C(C(=O)Nc3ccc(Cl)cc3)C23CC[C@@]1(CC)O3. The maximum Gasteiger partial charge on any atom is 0.250 e. The van der Waals surface area contributed by atoms with Gasteiger partial charge in [0.05, 0.1) is 30.1 Å². The van der Waals surface area contributed by atoms with E-state index in [4.69, 9.17) is 16.3 Å². The summed E-state index contributed by atoms with van der Waals surface area (Å²) in [6, 6.07) is 5.25. The number of carbonyl (C=O) groups is 3. The Labute approximate surface area is 218 Å². The maximum absolute atomic E-state index is 14.2. The lowest BCUT2D eigenvalue weighted by Gasteiger charge is -2.39. The van der Waals surface area contributed by atoms with Crippen LogP contribution >= 0.6 is 11.6 Å². The van der Waals surface area contributed by atoms with Gasteiger partial charge in [-0.2, -0.15) is 0 Å². The molecular weight excluding hydrogens is 482 g/mol. The molecule has 0 aliphatic carbocycles. The molecule has 3 heterocycles. The number of aliphatic hydroxyl groups is 1. The van der Waals surface area contributed by atoms with Crippen LogP contribution in [-0.2, 0) is 19.1 Å². The molecule has 3 fully saturated rings. The van der Waals surface area contributed by atoms with Crippen LogP contribution in [0.2, 0.25) is 5.02 Å². The van der Waals surface area contributed by atoms with Gasteiger partial charge in [-0.3, -0.25) is 14.4 Å². The highest BCUT2D eigenvalue weighted by Crippen LogP contribution is 2.64. The summed E-state index contributed by atoms with van der Waals surface area (Å²) < 4.78 is 6.75. The van der Waals surface area contributed by atoms with E-state index in [1.54, 1.807) is 24.3 Å². The normalized spacial score (nSPS) is 32.3. The molecule has 0 saturated carbocycles. The van der Waals surface area contributed by atoms with Crippen molar-refractivity contribution < 1.29 is 24.2 Å². The molecule has 0 aromatic heterocycles. The highest BCUT2D eigenvalue weighted by Gasteiger charge is 2.79. The van der Waals surface area contributed by atoms with E-state index in [0.717, 1.165) is 12.8 Å². The zero-order valence-corrected chi connectivity index (χ0v) is 22.3. The van der Waals surface area contributed by atoms with E-state index in [0.29, 0.717) is 36.5 Å². The molecule has 7 atom stereocenters. The lowest BCUT2D eigenvalue weighted by atomic mass is 9.65. The predicted octanol–water partition coefficient (Wildman–Crippen LogP) is 3.37. The molecule has 36 heavy (non-hydrogen) atoms. The minimum absolute atomic E-state index is 0.0512. The number of nitrogens with zero attached hydrogens (tertiary/aromatic N) is 1. The molecule has 1 aromatic rings. The molecule has 8 nitrogen and oxygen atoms in total. The molecule has 4 rings (SSSR count). The smallest absolute Gasteiger partial charge is 0.250 e. The van der Waals surface area contributed by atoms with Gasteiger partial charge in [-0.25, -0.2) is 0 Å². The topological polar surface area (TPSA) is 108 Å². The average Bonchev–Trinajstić information content (AvgIpc) is 3.48. The van der Waals surface area contributed by atoms with Crippen molar-refractivity contribution in [2.24, 2.45) is 17.8 Å². The van der Waals surface area contributed by atoms with Crippen molar-refractivity contribution in [2.75, 3.05) is 18.5 Å². The maximum atomic E-state index is 14.2. The number of hydrogen-bond acceptors (Lipinski definition) is 5. The molecule has 3 N–H and O–H groups in total. The van der Waals surface area contributed by atoms with Gasteiger partial charge in [-0.1, -0.05) is 45.7 Å². The number of amides is 3. The molecule has 3 amide bonds. The number of carbonyl (C=O) groups excluding carboxylic acids is 3. The van der Waals surface area contributed by atoms with Gasteiger partial charge in [0.2, 0.25) is 17.7 Å². The Bertz CT molecular complexity index is 1000. The number of halogens is 1. The first-order valence-corrected chi connectivity index (χ1v) is 13.5. The molecule has 2 bridgehead atoms. The van der Waals surface area contributed by atoms with Crippen LogP contribution in [-0.4, -0.2) is 64.2 Å². The van der Waals surface area contributed by atoms with Gasteiger partial charge in [0.25, 0.3) is 0 Å². The summed E-state index contributed by atoms with van der Waals surface area (Å²) in [5, 5.41) is 16.9. The van der Waals surface area contributed by atoms with Crippen LogP contribution in [0.4, 0.5) is 5.69 Å². The van der Waals surface area contributed by atoms with Gasteiger partial charge in [0.1, 0.15) is 11.6 Å². The number of benzene rings is 1. The van der Waals surface area contributed by atoms with Crippen molar-refractivity contribution in [3.8, 4) is 0 Å². The van der Waals surface area contributed by atoms with E-state index >= 15 is 0 Å². The van der Waals surface area contributed by atoms with E-state index < -0.39 is 35.1 Å². The van der Waals surface area contributed by atoms with Crippen molar-refractivity contribution in [1.82, 2.24) is 10.2 Å². The van der Waals surface area contributed by atoms with E-state index in [9.17, 15) is 19.5 Å². The minimum Gasteiger partial charge on any atom is -0.394 e. The van der Waals surface area contributed by atoms with E-state index in [1.807, 2.05) is 27.7 Å². The number of fused-ring (bicyclic) bond motifs is 1. The van der Waals surface area contributed by atoms with E-state index in [1.165, 1.54) is 4.90 Å². The van der Waals surface area contributed by atoms with Gasteiger partial charge in [-0.15, -0.1) is 0 Å². The summed E-state index contributed by atoms with van der Waals surface area (Å²) in [5.41, 5.74) is -1.36. The third-order valence-electron chi connectivity index (χ3n) is 8.66. The number of nitrogens with one attached hydrogen (secondary N) is 2. The van der Waals surface area contributed by atoms with Crippen LogP contribution in [0, 0.1) is 17.8 Å². The quantitative estimate of drug-likeness (QED) is 0.439. The molecule has 3 aliphatic heterocycles. The summed E-state index contributed by atoms with van der Waals surface area (Å²) in [7, 11) is 0. The Morgan fingerprint density at radius 2 is 1.89 bits per heavy atom. The van der Waals surface area contributed by atoms with Crippen LogP contribution in [0.15, 0.2) is 24.3 Å². The highest BCUT2D eigenvalue weighted by atomic mass is 35.5. The summed E-state index contributed by atoms with van der Waals surface area (Å²) in [4.78, 5) is 43.2. The fraction of sp³-hybridized carbons (Fsp3) is 0.667. The fourth-order valence-electron chi connectivity index (χ4n) is 6.63. The Balaban J connectivity index is 1.79. The Hall–Kier alpha value is -2.16. The van der Waals surface area contributed by atoms with Crippen LogP contribution in [0.1, 0.15) is 59.8 Å². The molecule has 0 radical (unpaired) electrons. The minimum atomic E-state index is -1.13. The highest BCUT2D eigenvalue weighted by molar-refractivity contribution is 6.30. The Morgan fingerprint density at radius 3 is 2.47 bits per heavy atom. The van der Waals surface area contributed by atoms with Crippen LogP contribution in [0.3, 0.4) is 0 Å². The zero-order valence-electron chi connectivity index (χ0n) is 21.6. The molecular formula is C27H38ClN3O5. The molecule has 9 heteroatoms. The average molecular weight is 520 g/mol. The second-order valence-corrected chi connectivity index (χ2v) is 10.9. The fourth-order valence-corrected chi connectivity index (χ4v) is 6.75. The Kier molecular flexibility index (Phi) is 7.70. The van der Waals surface area contributed by atoms with Crippen molar-refractivity contribution in [2.45, 2.75) is 83.1 Å². The van der Waals surface area contributed by atoms with Crippen LogP contribution in [0.5, 0.6) is 0 Å². The second kappa shape index (κ2) is 10.3. The lowest BCUT2D eigenvalue weighted by molar-refractivity contribution is -0.150. The first kappa shape index (κ1) is 26.9. The van der Waals surface area contributed by atoms with Crippen molar-refractivity contribution in [3.63, 3.8) is 0 Å². The van der Waals surface area contributed by atoms with Gasteiger partial charge in [0, 0.05) is 17.3 Å². The number of ether oxygens (including phenoxy) is 1. The van der Waals surface area contributed by atoms with Crippen molar-refractivity contribution in [3.05, 3.63) is 29.3 Å². The first-order valence-electron chi connectivity index (χ1n) is 13.2. The van der Waals surface area contributed by atoms with E-state index in [2.05, 4.69) is 10.6 Å². The Morgan fingerprint density at radius 1 is 1.19 bits per heavy atom. The molecule has 2 unspecified atom stereocenters. The molecule has 1 spiro atoms. The summed E-state index contributed by atoms with van der Waals surface area (Å²) in [6.45, 7) is 8.14. The van der Waals surface area contributed by atoms with Gasteiger partial charge in [-0.05, 0) is 55.9 Å². The third-order valence-corrected chi connectivity index (χ3v) is 8.91. The van der Waals surface area contributed by atoms with Gasteiger partial charge in [0.15, 0.2) is 0 Å². The van der Waals surface area contributed by atoms with Crippen LogP contribution < -0.4 is 10.6 Å². The van der Waals surface area contributed by atoms with Gasteiger partial charge >= 0.3 is 0 Å². The monoisotopic (exact) mass is 519 g/mol. The molecule has 1 aromatic carbocycles. The van der Waals surface area contributed by atoms with Crippen molar-refractivity contribution >= 4 is 35.0 Å². The lowest BCUT2D eigenvalue weighted by Crippen LogP contribution is -2.57. The summed E-state index contributed by atoms with van der Waals surface area (Å²) >= 11 is 6.01. The standard InChI is InChI=1S/C27H38ClN3O5/c1-5-14-29-23(33)20-21-25(35)31(19(15-32)16(4)6-2)22(27(21)13-12-26(20,7-3)36-27)24(34)30-18-10-8-17(28)9-11-18/h8-11,16,19-22,32H,5-7,12-15H2,1-4H3,(H,29,33)(H,30,34)/t16-,19-,20-,21-,22?,26+,27?/m0/s1. The van der Waals surface area contributed by atoms with Gasteiger partial charge < -0.3 is 25.4 Å². The molecule has 3 aliphatic rings. The number of anilines is 1.